The molecule has 2 aromatic heterocycles. The fourth-order valence-corrected chi connectivity index (χ4v) is 4.28. The summed E-state index contributed by atoms with van der Waals surface area (Å²) in [4.78, 5) is 21.6. The number of hydrogen-bond acceptors (Lipinski definition) is 6. The van der Waals surface area contributed by atoms with Gasteiger partial charge in [-0.1, -0.05) is 0 Å². The number of rotatable bonds is 4. The third-order valence-electron chi connectivity index (χ3n) is 4.93. The van der Waals surface area contributed by atoms with Gasteiger partial charge in [0.05, 0.1) is 25.2 Å². The summed E-state index contributed by atoms with van der Waals surface area (Å²) in [6.45, 7) is 5.58. The third-order valence-corrected chi connectivity index (χ3v) is 5.83. The van der Waals surface area contributed by atoms with Crippen molar-refractivity contribution in [2.45, 2.75) is 19.4 Å². The van der Waals surface area contributed by atoms with E-state index in [4.69, 9.17) is 9.15 Å². The molecule has 0 N–H and O–H groups in total. The largest absolute Gasteiger partial charge is 0.462 e. The van der Waals surface area contributed by atoms with Crippen molar-refractivity contribution in [3.05, 3.63) is 29.5 Å². The topological polar surface area (TPSA) is 58.8 Å². The Morgan fingerprint density at radius 1 is 1.24 bits per heavy atom. The first kappa shape index (κ1) is 16.8. The first-order valence-electron chi connectivity index (χ1n) is 8.87. The fourth-order valence-electron chi connectivity index (χ4n) is 3.50. The molecule has 0 aromatic carbocycles. The average molecular weight is 361 g/mol. The molecule has 0 saturated carbocycles. The number of thiazole rings is 1. The Bertz CT molecular complexity index is 686. The number of aromatic nitrogens is 1. The highest BCUT2D eigenvalue weighted by Gasteiger charge is 2.29. The van der Waals surface area contributed by atoms with E-state index in [1.165, 1.54) is 0 Å². The summed E-state index contributed by atoms with van der Waals surface area (Å²) in [6.07, 6.45) is 3.55. The lowest BCUT2D eigenvalue weighted by molar-refractivity contribution is -0.141. The number of amides is 1. The monoisotopic (exact) mass is 361 g/mol. The molecule has 6 nitrogen and oxygen atoms in total. The molecule has 0 spiro atoms. The highest BCUT2D eigenvalue weighted by atomic mass is 32.1. The number of ether oxygens (including phenoxy) is 1. The van der Waals surface area contributed by atoms with Crippen LogP contribution in [0.25, 0.3) is 10.8 Å². The Balaban J connectivity index is 1.28. The predicted molar refractivity (Wildman–Crippen MR) is 95.2 cm³/mol. The number of morpholine rings is 1. The van der Waals surface area contributed by atoms with Crippen molar-refractivity contribution >= 4 is 17.2 Å². The summed E-state index contributed by atoms with van der Waals surface area (Å²) in [5, 5.41) is 3.03. The van der Waals surface area contributed by atoms with Crippen LogP contribution < -0.4 is 0 Å². The van der Waals surface area contributed by atoms with E-state index in [1.807, 2.05) is 17.0 Å². The molecule has 0 atom stereocenters. The van der Waals surface area contributed by atoms with Crippen LogP contribution in [0.2, 0.25) is 0 Å². The smallest absolute Gasteiger partial charge is 0.225 e. The van der Waals surface area contributed by atoms with Crippen LogP contribution in [0.4, 0.5) is 0 Å². The van der Waals surface area contributed by atoms with Crippen molar-refractivity contribution < 1.29 is 13.9 Å². The second kappa shape index (κ2) is 7.68. The van der Waals surface area contributed by atoms with Crippen molar-refractivity contribution in [2.24, 2.45) is 5.92 Å². The van der Waals surface area contributed by atoms with Crippen molar-refractivity contribution in [2.75, 3.05) is 39.4 Å². The maximum absolute atomic E-state index is 12.6. The lowest BCUT2D eigenvalue weighted by Crippen LogP contribution is -2.46. The van der Waals surface area contributed by atoms with Gasteiger partial charge < -0.3 is 14.1 Å². The first-order valence-corrected chi connectivity index (χ1v) is 9.75. The molecule has 2 saturated heterocycles. The Kier molecular flexibility index (Phi) is 5.14. The first-order chi connectivity index (χ1) is 12.3. The van der Waals surface area contributed by atoms with E-state index < -0.39 is 0 Å². The van der Waals surface area contributed by atoms with Crippen LogP contribution in [-0.4, -0.2) is 60.1 Å². The molecule has 1 amide bonds. The van der Waals surface area contributed by atoms with Gasteiger partial charge in [0.15, 0.2) is 10.8 Å². The number of furan rings is 1. The second-order valence-corrected chi connectivity index (χ2v) is 7.47. The average Bonchev–Trinajstić information content (AvgIpc) is 3.34. The van der Waals surface area contributed by atoms with E-state index in [1.54, 1.807) is 17.6 Å². The molecule has 134 valence electrons. The van der Waals surface area contributed by atoms with E-state index in [9.17, 15) is 4.79 Å². The summed E-state index contributed by atoms with van der Waals surface area (Å²) < 4.78 is 10.7. The number of hydrogen-bond donors (Lipinski definition) is 0. The molecular weight excluding hydrogens is 338 g/mol. The number of likely N-dealkylation sites (tertiary alicyclic amines) is 1. The normalized spacial score (nSPS) is 20.1. The van der Waals surface area contributed by atoms with Gasteiger partial charge in [0.1, 0.15) is 0 Å². The van der Waals surface area contributed by atoms with Gasteiger partial charge >= 0.3 is 0 Å². The van der Waals surface area contributed by atoms with Crippen LogP contribution in [0.5, 0.6) is 0 Å². The second-order valence-electron chi connectivity index (χ2n) is 6.61. The molecule has 2 fully saturated rings. The van der Waals surface area contributed by atoms with Crippen LogP contribution in [-0.2, 0) is 16.1 Å². The SMILES string of the molecule is O=C(C1CCN(Cc2csc(-c3ccco3)n2)CC1)N1CCOCC1. The Labute approximate surface area is 151 Å². The maximum atomic E-state index is 12.6. The van der Waals surface area contributed by atoms with Gasteiger partial charge in [0.25, 0.3) is 0 Å². The minimum atomic E-state index is 0.170. The highest BCUT2D eigenvalue weighted by molar-refractivity contribution is 7.13. The Hall–Kier alpha value is -1.70. The molecule has 0 aliphatic carbocycles. The summed E-state index contributed by atoms with van der Waals surface area (Å²) >= 11 is 1.62. The quantitative estimate of drug-likeness (QED) is 0.837. The number of carbonyl (C=O) groups excluding carboxylic acids is 1. The van der Waals surface area contributed by atoms with E-state index in [0.29, 0.717) is 19.1 Å². The summed E-state index contributed by atoms with van der Waals surface area (Å²) in [6, 6.07) is 3.82. The number of carbonyl (C=O) groups is 1. The predicted octanol–water partition coefficient (Wildman–Crippen LogP) is 2.47. The molecule has 2 aliphatic rings. The van der Waals surface area contributed by atoms with Gasteiger partial charge in [-0.25, -0.2) is 4.98 Å². The zero-order valence-corrected chi connectivity index (χ0v) is 15.0. The molecular formula is C18H23N3O3S. The minimum absolute atomic E-state index is 0.170. The molecule has 2 aliphatic heterocycles. The molecule has 4 rings (SSSR count). The van der Waals surface area contributed by atoms with Crippen molar-refractivity contribution in [1.29, 1.82) is 0 Å². The number of piperidine rings is 1. The van der Waals surface area contributed by atoms with Gasteiger partial charge in [-0.15, -0.1) is 11.3 Å². The Morgan fingerprint density at radius 2 is 2.04 bits per heavy atom. The minimum Gasteiger partial charge on any atom is -0.462 e. The van der Waals surface area contributed by atoms with Crippen LogP contribution >= 0.6 is 11.3 Å². The van der Waals surface area contributed by atoms with Crippen molar-refractivity contribution in [3.63, 3.8) is 0 Å². The highest BCUT2D eigenvalue weighted by Crippen LogP contribution is 2.26. The standard InChI is InChI=1S/C18H23N3O3S/c22-18(21-7-10-23-11-8-21)14-3-5-20(6-4-14)12-15-13-25-17(19-15)16-2-1-9-24-16/h1-2,9,13-14H,3-8,10-12H2. The van der Waals surface area contributed by atoms with Gasteiger partial charge in [-0.3, -0.25) is 9.69 Å². The summed E-state index contributed by atoms with van der Waals surface area (Å²) in [7, 11) is 0. The molecule has 7 heteroatoms. The van der Waals surface area contributed by atoms with E-state index in [2.05, 4.69) is 15.3 Å². The van der Waals surface area contributed by atoms with Gasteiger partial charge in [0, 0.05) is 30.9 Å². The molecule has 2 aromatic rings. The molecule has 0 unspecified atom stereocenters. The van der Waals surface area contributed by atoms with Gasteiger partial charge in [0.2, 0.25) is 5.91 Å². The summed E-state index contributed by atoms with van der Waals surface area (Å²) in [5.74, 6) is 1.31. The zero-order valence-electron chi connectivity index (χ0n) is 14.2. The molecule has 0 bridgehead atoms. The maximum Gasteiger partial charge on any atom is 0.225 e. The third kappa shape index (κ3) is 3.94. The lowest BCUT2D eigenvalue weighted by atomic mass is 9.95. The van der Waals surface area contributed by atoms with Crippen LogP contribution in [0, 0.1) is 5.92 Å². The van der Waals surface area contributed by atoms with Crippen LogP contribution in [0.3, 0.4) is 0 Å². The molecule has 4 heterocycles. The number of nitrogens with zero attached hydrogens (tertiary/aromatic N) is 3. The Morgan fingerprint density at radius 3 is 2.76 bits per heavy atom. The van der Waals surface area contributed by atoms with Gasteiger partial charge in [-0.05, 0) is 38.1 Å². The molecule has 25 heavy (non-hydrogen) atoms. The van der Waals surface area contributed by atoms with Gasteiger partial charge in [-0.2, -0.15) is 0 Å². The van der Waals surface area contributed by atoms with E-state index in [0.717, 1.165) is 62.0 Å². The zero-order chi connectivity index (χ0) is 17.1. The summed E-state index contributed by atoms with van der Waals surface area (Å²) in [5.41, 5.74) is 1.08. The van der Waals surface area contributed by atoms with E-state index >= 15 is 0 Å². The fraction of sp³-hybridized carbons (Fsp3) is 0.556. The van der Waals surface area contributed by atoms with E-state index in [-0.39, 0.29) is 5.92 Å². The molecule has 0 radical (unpaired) electrons. The van der Waals surface area contributed by atoms with Crippen LogP contribution in [0.1, 0.15) is 18.5 Å². The lowest BCUT2D eigenvalue weighted by Gasteiger charge is -2.35. The van der Waals surface area contributed by atoms with Crippen molar-refractivity contribution in [3.8, 4) is 10.8 Å². The van der Waals surface area contributed by atoms with Crippen LogP contribution in [0.15, 0.2) is 28.2 Å². The van der Waals surface area contributed by atoms with Crippen molar-refractivity contribution in [1.82, 2.24) is 14.8 Å².